The van der Waals surface area contributed by atoms with Crippen LogP contribution < -0.4 is 9.80 Å². The third-order valence-corrected chi connectivity index (χ3v) is 10.4. The number of carbonyl (C=O) groups is 3. The number of rotatable bonds is 17. The minimum absolute atomic E-state index is 0.0337. The molecule has 1 aromatic rings. The number of unbranched alkanes of at least 4 members (excludes halogenated alkanes) is 2. The zero-order chi connectivity index (χ0) is 32.9. The van der Waals surface area contributed by atoms with Gasteiger partial charge in [-0.2, -0.15) is 0 Å². The maximum atomic E-state index is 14.9. The fourth-order valence-electron chi connectivity index (χ4n) is 8.15. The second-order valence-electron chi connectivity index (χ2n) is 13.0. The molecule has 3 saturated heterocycles. The van der Waals surface area contributed by atoms with Gasteiger partial charge in [-0.15, -0.1) is 13.2 Å². The second-order valence-corrected chi connectivity index (χ2v) is 13.0. The van der Waals surface area contributed by atoms with Crippen LogP contribution in [0.5, 0.6) is 0 Å². The number of nitrogens with zero attached hydrogens (tertiary/aromatic N) is 4. The molecule has 1 aromatic carbocycles. The Kier molecular flexibility index (Phi) is 11.2. The highest BCUT2D eigenvalue weighted by molar-refractivity contribution is 6.05. The van der Waals surface area contributed by atoms with Crippen molar-refractivity contribution in [1.82, 2.24) is 9.80 Å². The van der Waals surface area contributed by atoms with Crippen molar-refractivity contribution in [1.29, 1.82) is 0 Å². The Hall–Kier alpha value is -3.17. The van der Waals surface area contributed by atoms with Crippen molar-refractivity contribution in [3.63, 3.8) is 0 Å². The predicted molar refractivity (Wildman–Crippen MR) is 179 cm³/mol. The van der Waals surface area contributed by atoms with Gasteiger partial charge in [-0.05, 0) is 83.1 Å². The number of ether oxygens (including phenoxy) is 1. The lowest BCUT2D eigenvalue weighted by Gasteiger charge is -2.39. The molecule has 3 unspecified atom stereocenters. The van der Waals surface area contributed by atoms with Gasteiger partial charge < -0.3 is 29.4 Å². The van der Waals surface area contributed by atoms with Crippen molar-refractivity contribution < 1.29 is 24.2 Å². The molecule has 0 saturated carbocycles. The van der Waals surface area contributed by atoms with E-state index in [4.69, 9.17) is 4.74 Å². The van der Waals surface area contributed by atoms with Gasteiger partial charge >= 0.3 is 0 Å². The quantitative estimate of drug-likeness (QED) is 0.201. The van der Waals surface area contributed by atoms with Crippen molar-refractivity contribution in [2.24, 2.45) is 17.8 Å². The van der Waals surface area contributed by atoms with Gasteiger partial charge in [0.1, 0.15) is 11.6 Å². The van der Waals surface area contributed by atoms with E-state index in [0.717, 1.165) is 37.3 Å². The number of hydrogen-bond donors (Lipinski definition) is 1. The Labute approximate surface area is 269 Å². The maximum absolute atomic E-state index is 14.9. The number of benzene rings is 1. The zero-order valence-corrected chi connectivity index (χ0v) is 28.0. The van der Waals surface area contributed by atoms with Gasteiger partial charge in [0.2, 0.25) is 11.8 Å². The molecule has 0 aliphatic carbocycles. The van der Waals surface area contributed by atoms with Gasteiger partial charge in [0.05, 0.1) is 17.4 Å². The van der Waals surface area contributed by atoms with E-state index in [1.807, 2.05) is 38.1 Å². The standard InChI is InChI=1S/C36H54N4O5/c1-8-20-38(21-9-2)32(42)29-30-33(43)40(23-14-13-15-24-41)31(36(30)25-26(6)35(29,7)45-36)34(44)39(22-10-3)28-18-16-27(17-19-28)37(11-4)12-5/h8,10,16-19,26,29-31,41H,1,3,9,11-15,20-25H2,2,4-7H3/t26?,29-,30-,31?,35+,36?/m0/s1. The van der Waals surface area contributed by atoms with Crippen molar-refractivity contribution in [2.75, 3.05) is 55.7 Å². The molecule has 3 heterocycles. The molecular weight excluding hydrogens is 568 g/mol. The SMILES string of the molecule is C=CCN(CCC)C(=O)[C@@H]1[C@H]2C(=O)N(CCCCCO)C(C(=O)N(CC=C)c3ccc(N(CC)CC)cc3)C23CC(C)[C@@]1(C)O3. The fraction of sp³-hybridized carbons (Fsp3) is 0.639. The minimum Gasteiger partial charge on any atom is -0.396 e. The monoisotopic (exact) mass is 622 g/mol. The van der Waals surface area contributed by atoms with Crippen LogP contribution in [0.15, 0.2) is 49.6 Å². The number of fused-ring (bicyclic) bond motifs is 1. The lowest BCUT2D eigenvalue weighted by Crippen LogP contribution is -2.57. The molecule has 1 N–H and O–H groups in total. The molecule has 3 aliphatic rings. The second kappa shape index (κ2) is 14.5. The molecule has 4 rings (SSSR count). The molecular formula is C36H54N4O5. The third kappa shape index (κ3) is 6.06. The molecule has 0 aromatic heterocycles. The smallest absolute Gasteiger partial charge is 0.253 e. The zero-order valence-electron chi connectivity index (χ0n) is 28.0. The third-order valence-electron chi connectivity index (χ3n) is 10.4. The highest BCUT2D eigenvalue weighted by Gasteiger charge is 2.80. The van der Waals surface area contributed by atoms with Crippen LogP contribution in [-0.4, -0.2) is 95.7 Å². The first-order chi connectivity index (χ1) is 21.6. The first-order valence-electron chi connectivity index (χ1n) is 16.9. The largest absolute Gasteiger partial charge is 0.396 e. The molecule has 3 fully saturated rings. The normalized spacial score (nSPS) is 28.2. The van der Waals surface area contributed by atoms with E-state index in [-0.39, 0.29) is 36.8 Å². The van der Waals surface area contributed by atoms with Gasteiger partial charge in [0.25, 0.3) is 5.91 Å². The average Bonchev–Trinajstić information content (AvgIpc) is 3.54. The molecule has 9 heteroatoms. The first kappa shape index (κ1) is 34.7. The van der Waals surface area contributed by atoms with Crippen molar-refractivity contribution in [2.45, 2.75) is 84.0 Å². The summed E-state index contributed by atoms with van der Waals surface area (Å²) in [6.07, 6.45) is 6.71. The van der Waals surface area contributed by atoms with Gasteiger partial charge in [0, 0.05) is 57.3 Å². The molecule has 0 radical (unpaired) electrons. The summed E-state index contributed by atoms with van der Waals surface area (Å²) in [4.78, 5) is 51.2. The average molecular weight is 623 g/mol. The van der Waals surface area contributed by atoms with E-state index in [9.17, 15) is 19.5 Å². The summed E-state index contributed by atoms with van der Waals surface area (Å²) in [7, 11) is 0. The summed E-state index contributed by atoms with van der Waals surface area (Å²) >= 11 is 0. The van der Waals surface area contributed by atoms with Crippen LogP contribution in [0.1, 0.15) is 66.7 Å². The molecule has 2 bridgehead atoms. The number of aliphatic hydroxyl groups is 1. The number of likely N-dealkylation sites (tertiary alicyclic amines) is 1. The first-order valence-corrected chi connectivity index (χ1v) is 16.9. The number of carbonyl (C=O) groups excluding carboxylic acids is 3. The Bertz CT molecular complexity index is 1230. The van der Waals surface area contributed by atoms with Gasteiger partial charge in [-0.1, -0.05) is 26.0 Å². The Morgan fingerprint density at radius 1 is 1.02 bits per heavy atom. The lowest BCUT2D eigenvalue weighted by molar-refractivity contribution is -0.151. The van der Waals surface area contributed by atoms with Crippen LogP contribution in [0.25, 0.3) is 0 Å². The minimum atomic E-state index is -1.12. The fourth-order valence-corrected chi connectivity index (χ4v) is 8.15. The van der Waals surface area contributed by atoms with Crippen LogP contribution in [0.3, 0.4) is 0 Å². The van der Waals surface area contributed by atoms with Crippen molar-refractivity contribution >= 4 is 29.1 Å². The molecule has 248 valence electrons. The van der Waals surface area contributed by atoms with Gasteiger partial charge in [0.15, 0.2) is 0 Å². The molecule has 3 aliphatic heterocycles. The Morgan fingerprint density at radius 2 is 1.67 bits per heavy atom. The van der Waals surface area contributed by atoms with E-state index in [0.29, 0.717) is 38.9 Å². The van der Waals surface area contributed by atoms with E-state index >= 15 is 0 Å². The van der Waals surface area contributed by atoms with Crippen molar-refractivity contribution in [3.8, 4) is 0 Å². The van der Waals surface area contributed by atoms with E-state index < -0.39 is 29.1 Å². The van der Waals surface area contributed by atoms with Crippen LogP contribution in [0.4, 0.5) is 11.4 Å². The summed E-state index contributed by atoms with van der Waals surface area (Å²) in [5.74, 6) is -1.99. The van der Waals surface area contributed by atoms with Crippen LogP contribution in [0, 0.1) is 17.8 Å². The Morgan fingerprint density at radius 3 is 2.24 bits per heavy atom. The summed E-state index contributed by atoms with van der Waals surface area (Å²) in [6.45, 7) is 21.5. The molecule has 1 spiro atoms. The number of aliphatic hydroxyl groups excluding tert-OH is 1. The highest BCUT2D eigenvalue weighted by Crippen LogP contribution is 2.65. The summed E-state index contributed by atoms with van der Waals surface area (Å²) < 4.78 is 6.97. The molecule has 6 atom stereocenters. The number of anilines is 2. The topological polar surface area (TPSA) is 93.6 Å². The summed E-state index contributed by atoms with van der Waals surface area (Å²) in [6, 6.07) is 7.07. The number of hydrogen-bond acceptors (Lipinski definition) is 6. The van der Waals surface area contributed by atoms with Crippen LogP contribution in [0.2, 0.25) is 0 Å². The van der Waals surface area contributed by atoms with E-state index in [2.05, 4.69) is 38.8 Å². The van der Waals surface area contributed by atoms with Gasteiger partial charge in [-0.25, -0.2) is 0 Å². The molecule has 9 nitrogen and oxygen atoms in total. The maximum Gasteiger partial charge on any atom is 0.253 e. The van der Waals surface area contributed by atoms with Crippen LogP contribution >= 0.6 is 0 Å². The van der Waals surface area contributed by atoms with Crippen LogP contribution in [-0.2, 0) is 19.1 Å². The highest BCUT2D eigenvalue weighted by atomic mass is 16.5. The lowest BCUT2D eigenvalue weighted by atomic mass is 9.62. The summed E-state index contributed by atoms with van der Waals surface area (Å²) in [5.41, 5.74) is -0.192. The number of amides is 3. The molecule has 45 heavy (non-hydrogen) atoms. The summed E-state index contributed by atoms with van der Waals surface area (Å²) in [5, 5.41) is 9.38. The van der Waals surface area contributed by atoms with Crippen molar-refractivity contribution in [3.05, 3.63) is 49.6 Å². The molecule has 3 amide bonds. The predicted octanol–water partition coefficient (Wildman–Crippen LogP) is 4.65. The van der Waals surface area contributed by atoms with Gasteiger partial charge in [-0.3, -0.25) is 14.4 Å². The van der Waals surface area contributed by atoms with E-state index in [1.54, 1.807) is 26.9 Å². The van der Waals surface area contributed by atoms with E-state index in [1.165, 1.54) is 0 Å². The Balaban J connectivity index is 1.78.